The van der Waals surface area contributed by atoms with E-state index < -0.39 is 0 Å². The summed E-state index contributed by atoms with van der Waals surface area (Å²) in [5, 5.41) is 4.19. The van der Waals surface area contributed by atoms with Crippen LogP contribution in [0.2, 0.25) is 0 Å². The van der Waals surface area contributed by atoms with Gasteiger partial charge in [0.1, 0.15) is 17.9 Å². The molecule has 1 aromatic heterocycles. The molecule has 1 heterocycles. The van der Waals surface area contributed by atoms with Crippen molar-refractivity contribution in [3.8, 4) is 5.75 Å². The summed E-state index contributed by atoms with van der Waals surface area (Å²) in [5.74, 6) is 1.53. The van der Waals surface area contributed by atoms with Crippen molar-refractivity contribution in [2.24, 2.45) is 0 Å². The zero-order valence-corrected chi connectivity index (χ0v) is 11.0. The lowest BCUT2D eigenvalue weighted by Gasteiger charge is -2.09. The van der Waals surface area contributed by atoms with Crippen LogP contribution in [-0.4, -0.2) is 17.1 Å². The number of hydrogen-bond donors (Lipinski definition) is 2. The summed E-state index contributed by atoms with van der Waals surface area (Å²) in [7, 11) is 1.64. The highest BCUT2D eigenvalue weighted by Gasteiger charge is 2.05. The monoisotopic (exact) mass is 266 g/mol. The minimum atomic E-state index is 0.684. The molecule has 100 valence electrons. The fourth-order valence-corrected chi connectivity index (χ4v) is 2.01. The Morgan fingerprint density at radius 3 is 2.85 bits per heavy atom. The molecule has 0 fully saturated rings. The second-order valence-electron chi connectivity index (χ2n) is 4.36. The molecule has 2 aromatic carbocycles. The van der Waals surface area contributed by atoms with E-state index in [4.69, 9.17) is 10.5 Å². The molecule has 0 saturated heterocycles. The van der Waals surface area contributed by atoms with Gasteiger partial charge in [-0.05, 0) is 30.3 Å². The van der Waals surface area contributed by atoms with Crippen LogP contribution >= 0.6 is 0 Å². The van der Waals surface area contributed by atoms with Gasteiger partial charge in [-0.1, -0.05) is 6.07 Å². The van der Waals surface area contributed by atoms with Crippen molar-refractivity contribution in [1.29, 1.82) is 0 Å². The highest BCUT2D eigenvalue weighted by atomic mass is 16.5. The maximum atomic E-state index is 5.77. The fraction of sp³-hybridized carbons (Fsp3) is 0.0667. The van der Waals surface area contributed by atoms with E-state index in [1.165, 1.54) is 6.33 Å². The number of anilines is 3. The lowest BCUT2D eigenvalue weighted by Crippen LogP contribution is -1.97. The lowest BCUT2D eigenvalue weighted by atomic mass is 10.2. The molecule has 20 heavy (non-hydrogen) atoms. The molecule has 0 bridgehead atoms. The summed E-state index contributed by atoms with van der Waals surface area (Å²) >= 11 is 0. The number of nitrogens with zero attached hydrogens (tertiary/aromatic N) is 2. The van der Waals surface area contributed by atoms with Crippen LogP contribution < -0.4 is 15.8 Å². The van der Waals surface area contributed by atoms with Crippen LogP contribution in [0.1, 0.15) is 0 Å². The van der Waals surface area contributed by atoms with Crippen molar-refractivity contribution < 1.29 is 4.74 Å². The van der Waals surface area contributed by atoms with E-state index in [0.29, 0.717) is 5.69 Å². The Hall–Kier alpha value is -2.82. The smallest absolute Gasteiger partial charge is 0.141 e. The molecule has 0 aliphatic rings. The number of ether oxygens (including phenoxy) is 1. The van der Waals surface area contributed by atoms with Crippen molar-refractivity contribution in [2.45, 2.75) is 0 Å². The number of nitrogen functional groups attached to an aromatic ring is 1. The molecule has 0 aliphatic heterocycles. The van der Waals surface area contributed by atoms with Crippen LogP contribution in [0.3, 0.4) is 0 Å². The summed E-state index contributed by atoms with van der Waals surface area (Å²) < 4.78 is 5.21. The maximum Gasteiger partial charge on any atom is 0.141 e. The van der Waals surface area contributed by atoms with E-state index in [1.54, 1.807) is 7.11 Å². The van der Waals surface area contributed by atoms with Gasteiger partial charge in [0.05, 0.1) is 12.6 Å². The number of rotatable bonds is 3. The molecule has 0 saturated carbocycles. The fourth-order valence-electron chi connectivity index (χ4n) is 2.01. The minimum absolute atomic E-state index is 0.684. The summed E-state index contributed by atoms with van der Waals surface area (Å²) in [4.78, 5) is 8.51. The maximum absolute atomic E-state index is 5.77. The zero-order chi connectivity index (χ0) is 13.9. The molecule has 3 rings (SSSR count). The van der Waals surface area contributed by atoms with Gasteiger partial charge in [0, 0.05) is 22.8 Å². The average Bonchev–Trinajstić information content (AvgIpc) is 2.47. The highest BCUT2D eigenvalue weighted by molar-refractivity contribution is 5.92. The Morgan fingerprint density at radius 2 is 2.00 bits per heavy atom. The van der Waals surface area contributed by atoms with Crippen molar-refractivity contribution in [1.82, 2.24) is 9.97 Å². The molecule has 0 radical (unpaired) electrons. The number of nitrogens with one attached hydrogen (secondary N) is 1. The van der Waals surface area contributed by atoms with Crippen molar-refractivity contribution >= 4 is 28.1 Å². The third kappa shape index (κ3) is 2.33. The third-order valence-corrected chi connectivity index (χ3v) is 2.99. The molecule has 0 unspecified atom stereocenters. The largest absolute Gasteiger partial charge is 0.497 e. The Labute approximate surface area is 116 Å². The summed E-state index contributed by atoms with van der Waals surface area (Å²) in [6, 6.07) is 13.2. The first kappa shape index (κ1) is 12.2. The lowest BCUT2D eigenvalue weighted by molar-refractivity contribution is 0.415. The summed E-state index contributed by atoms with van der Waals surface area (Å²) in [6.45, 7) is 0. The van der Waals surface area contributed by atoms with Crippen LogP contribution in [0.5, 0.6) is 5.75 Å². The van der Waals surface area contributed by atoms with Crippen molar-refractivity contribution in [3.05, 3.63) is 48.8 Å². The van der Waals surface area contributed by atoms with Gasteiger partial charge in [-0.25, -0.2) is 9.97 Å². The Bertz CT molecular complexity index is 758. The SMILES string of the molecule is COc1cccc(Nc2ncnc3cc(N)ccc23)c1. The van der Waals surface area contributed by atoms with Gasteiger partial charge in [-0.15, -0.1) is 0 Å². The third-order valence-electron chi connectivity index (χ3n) is 2.99. The van der Waals surface area contributed by atoms with Crippen LogP contribution in [0, 0.1) is 0 Å². The molecular weight excluding hydrogens is 252 g/mol. The van der Waals surface area contributed by atoms with Crippen LogP contribution in [-0.2, 0) is 0 Å². The van der Waals surface area contributed by atoms with Crippen molar-refractivity contribution in [2.75, 3.05) is 18.2 Å². The first-order chi connectivity index (χ1) is 9.76. The average molecular weight is 266 g/mol. The number of methoxy groups -OCH3 is 1. The predicted molar refractivity (Wildman–Crippen MR) is 80.2 cm³/mol. The van der Waals surface area contributed by atoms with E-state index in [0.717, 1.165) is 28.2 Å². The van der Waals surface area contributed by atoms with Gasteiger partial charge in [0.2, 0.25) is 0 Å². The molecule has 0 amide bonds. The second kappa shape index (κ2) is 5.05. The predicted octanol–water partition coefficient (Wildman–Crippen LogP) is 2.96. The van der Waals surface area contributed by atoms with Gasteiger partial charge in [0.15, 0.2) is 0 Å². The Balaban J connectivity index is 2.02. The Kier molecular flexibility index (Phi) is 3.09. The molecule has 0 spiro atoms. The number of hydrogen-bond acceptors (Lipinski definition) is 5. The standard InChI is InChI=1S/C15H14N4O/c1-20-12-4-2-3-11(8-12)19-15-13-6-5-10(16)7-14(13)17-9-18-15/h2-9H,16H2,1H3,(H,17,18,19). The van der Waals surface area contributed by atoms with Gasteiger partial charge >= 0.3 is 0 Å². The number of nitrogens with two attached hydrogens (primary N) is 1. The van der Waals surface area contributed by atoms with E-state index in [9.17, 15) is 0 Å². The quantitative estimate of drug-likeness (QED) is 0.713. The van der Waals surface area contributed by atoms with Crippen LogP contribution in [0.15, 0.2) is 48.8 Å². The second-order valence-corrected chi connectivity index (χ2v) is 4.36. The summed E-state index contributed by atoms with van der Waals surface area (Å²) in [5.41, 5.74) is 8.17. The highest BCUT2D eigenvalue weighted by Crippen LogP contribution is 2.25. The topological polar surface area (TPSA) is 73.1 Å². The van der Waals surface area contributed by atoms with Gasteiger partial charge in [-0.2, -0.15) is 0 Å². The molecule has 5 heteroatoms. The van der Waals surface area contributed by atoms with E-state index in [-0.39, 0.29) is 0 Å². The van der Waals surface area contributed by atoms with Crippen molar-refractivity contribution in [3.63, 3.8) is 0 Å². The van der Waals surface area contributed by atoms with Crippen LogP contribution in [0.25, 0.3) is 10.9 Å². The zero-order valence-electron chi connectivity index (χ0n) is 11.0. The number of benzene rings is 2. The van der Waals surface area contributed by atoms with E-state index in [2.05, 4.69) is 15.3 Å². The molecular formula is C15H14N4O. The molecule has 5 nitrogen and oxygen atoms in total. The minimum Gasteiger partial charge on any atom is -0.497 e. The molecule has 0 aliphatic carbocycles. The van der Waals surface area contributed by atoms with Crippen LogP contribution in [0.4, 0.5) is 17.2 Å². The molecule has 0 atom stereocenters. The van der Waals surface area contributed by atoms with Gasteiger partial charge in [-0.3, -0.25) is 0 Å². The van der Waals surface area contributed by atoms with E-state index in [1.807, 2.05) is 42.5 Å². The first-order valence-electron chi connectivity index (χ1n) is 6.17. The van der Waals surface area contributed by atoms with Gasteiger partial charge in [0.25, 0.3) is 0 Å². The molecule has 3 aromatic rings. The van der Waals surface area contributed by atoms with Gasteiger partial charge < -0.3 is 15.8 Å². The number of aromatic nitrogens is 2. The van der Waals surface area contributed by atoms with E-state index >= 15 is 0 Å². The molecule has 3 N–H and O–H groups in total. The normalized spacial score (nSPS) is 10.4. The summed E-state index contributed by atoms with van der Waals surface area (Å²) in [6.07, 6.45) is 1.52. The number of fused-ring (bicyclic) bond motifs is 1. The Morgan fingerprint density at radius 1 is 1.10 bits per heavy atom. The first-order valence-corrected chi connectivity index (χ1v) is 6.17.